The summed E-state index contributed by atoms with van der Waals surface area (Å²) in [6.07, 6.45) is -1.23. The first-order chi connectivity index (χ1) is 16.8. The molecule has 0 saturated heterocycles. The minimum Gasteiger partial charge on any atom is -0.481 e. The maximum Gasteiger partial charge on any atom is 0.224 e. The standard InChI is InChI=1S/C27H26ClN3O4/c1-31(2)15-19-22(17-7-5-4-6-8-17)27(18-11-9-16(14-29)10-12-18)26(33,24(19)32)23-20(35-27)13-21(28)30-25(23)34-3/h4-13,19,22,24,32-33H,15H2,1-3H3/t19-,22-,24-,26+,27+/m1/s1. The molecule has 1 aliphatic carbocycles. The van der Waals surface area contributed by atoms with Gasteiger partial charge >= 0.3 is 0 Å². The molecule has 1 aliphatic heterocycles. The number of aromatic nitrogens is 1. The molecule has 0 bridgehead atoms. The van der Waals surface area contributed by atoms with Gasteiger partial charge in [0.1, 0.15) is 10.9 Å². The smallest absolute Gasteiger partial charge is 0.224 e. The molecule has 5 atom stereocenters. The highest BCUT2D eigenvalue weighted by Gasteiger charge is 2.76. The predicted molar refractivity (Wildman–Crippen MR) is 130 cm³/mol. The second kappa shape index (κ2) is 8.51. The van der Waals surface area contributed by atoms with Crippen molar-refractivity contribution in [2.75, 3.05) is 27.7 Å². The summed E-state index contributed by atoms with van der Waals surface area (Å²) in [5.74, 6) is -0.477. The Kier molecular flexibility index (Phi) is 5.73. The first kappa shape index (κ1) is 23.6. The molecule has 35 heavy (non-hydrogen) atoms. The lowest BCUT2D eigenvalue weighted by atomic mass is 9.70. The summed E-state index contributed by atoms with van der Waals surface area (Å²) < 4.78 is 12.3. The average Bonchev–Trinajstić information content (AvgIpc) is 3.21. The summed E-state index contributed by atoms with van der Waals surface area (Å²) in [4.78, 5) is 6.26. The number of pyridine rings is 1. The number of aliphatic hydroxyl groups excluding tert-OH is 1. The Morgan fingerprint density at radius 1 is 1.17 bits per heavy atom. The SMILES string of the molecule is COc1nc(Cl)cc2c1[C@]1(O)[C@H](O)[C@H](CN(C)C)[C@@H](c3ccccc3)[C@]1(c1ccc(C#N)cc1)O2. The van der Waals surface area contributed by atoms with E-state index in [9.17, 15) is 15.5 Å². The van der Waals surface area contributed by atoms with Gasteiger partial charge in [0.25, 0.3) is 0 Å². The third kappa shape index (κ3) is 3.25. The van der Waals surface area contributed by atoms with E-state index in [-0.39, 0.29) is 16.6 Å². The van der Waals surface area contributed by atoms with Gasteiger partial charge in [0, 0.05) is 24.4 Å². The topological polar surface area (TPSA) is 98.8 Å². The summed E-state index contributed by atoms with van der Waals surface area (Å²) in [5.41, 5.74) is -1.08. The van der Waals surface area contributed by atoms with Gasteiger partial charge in [-0.2, -0.15) is 5.26 Å². The molecule has 7 nitrogen and oxygen atoms in total. The number of hydrogen-bond acceptors (Lipinski definition) is 7. The number of rotatable bonds is 5. The van der Waals surface area contributed by atoms with Crippen molar-refractivity contribution < 1.29 is 19.7 Å². The fourth-order valence-corrected chi connectivity index (χ4v) is 6.14. The number of nitriles is 1. The lowest BCUT2D eigenvalue weighted by molar-refractivity contribution is -0.152. The molecule has 2 N–H and O–H groups in total. The lowest BCUT2D eigenvalue weighted by Gasteiger charge is -2.41. The van der Waals surface area contributed by atoms with Gasteiger partial charge in [-0.25, -0.2) is 4.98 Å². The van der Waals surface area contributed by atoms with E-state index < -0.39 is 29.1 Å². The van der Waals surface area contributed by atoms with Crippen LogP contribution in [0.4, 0.5) is 0 Å². The third-order valence-corrected chi connectivity index (χ3v) is 7.40. The minimum atomic E-state index is -1.92. The van der Waals surface area contributed by atoms with Crippen molar-refractivity contribution in [3.8, 4) is 17.7 Å². The third-order valence-electron chi connectivity index (χ3n) is 7.21. The van der Waals surface area contributed by atoms with Crippen LogP contribution in [0.1, 0.15) is 28.2 Å². The maximum atomic E-state index is 12.7. The molecule has 2 heterocycles. The van der Waals surface area contributed by atoms with Gasteiger partial charge < -0.3 is 24.6 Å². The molecule has 1 aromatic heterocycles. The summed E-state index contributed by atoms with van der Waals surface area (Å²) in [7, 11) is 5.30. The molecule has 2 aliphatic rings. The zero-order chi connectivity index (χ0) is 25.0. The van der Waals surface area contributed by atoms with Crippen molar-refractivity contribution in [2.45, 2.75) is 23.2 Å². The molecule has 0 amide bonds. The number of nitrogens with zero attached hydrogens (tertiary/aromatic N) is 3. The molecule has 8 heteroatoms. The maximum absolute atomic E-state index is 12.7. The molecule has 0 spiro atoms. The normalized spacial score (nSPS) is 28.8. The minimum absolute atomic E-state index is 0.0990. The molecule has 5 rings (SSSR count). The highest BCUT2D eigenvalue weighted by molar-refractivity contribution is 6.29. The van der Waals surface area contributed by atoms with E-state index >= 15 is 0 Å². The molecule has 0 radical (unpaired) electrons. The van der Waals surface area contributed by atoms with Gasteiger partial charge in [-0.05, 0) is 37.4 Å². The molecule has 3 aromatic rings. The molecule has 0 unspecified atom stereocenters. The van der Waals surface area contributed by atoms with Crippen LogP contribution in [-0.2, 0) is 11.2 Å². The van der Waals surface area contributed by atoms with E-state index in [1.807, 2.05) is 49.3 Å². The van der Waals surface area contributed by atoms with E-state index in [1.54, 1.807) is 24.3 Å². The second-order valence-corrected chi connectivity index (χ2v) is 9.77. The van der Waals surface area contributed by atoms with Gasteiger partial charge in [0.05, 0.1) is 30.4 Å². The number of aliphatic hydroxyl groups is 2. The van der Waals surface area contributed by atoms with Crippen LogP contribution in [0.3, 0.4) is 0 Å². The van der Waals surface area contributed by atoms with Gasteiger partial charge in [-0.1, -0.05) is 54.1 Å². The second-order valence-electron chi connectivity index (χ2n) is 9.38. The van der Waals surface area contributed by atoms with Crippen LogP contribution in [0.15, 0.2) is 60.7 Å². The van der Waals surface area contributed by atoms with E-state index in [2.05, 4.69) is 11.1 Å². The quantitative estimate of drug-likeness (QED) is 0.527. The Balaban J connectivity index is 1.86. The fraction of sp³-hybridized carbons (Fsp3) is 0.333. The van der Waals surface area contributed by atoms with Crippen molar-refractivity contribution in [2.24, 2.45) is 5.92 Å². The van der Waals surface area contributed by atoms with E-state index in [0.717, 1.165) is 5.56 Å². The highest BCUT2D eigenvalue weighted by Crippen LogP contribution is 2.69. The Labute approximate surface area is 209 Å². The zero-order valence-corrected chi connectivity index (χ0v) is 20.4. The van der Waals surface area contributed by atoms with Crippen LogP contribution in [-0.4, -0.2) is 54.0 Å². The Morgan fingerprint density at radius 3 is 2.46 bits per heavy atom. The first-order valence-corrected chi connectivity index (χ1v) is 11.7. The van der Waals surface area contributed by atoms with Gasteiger partial charge in [-0.3, -0.25) is 0 Å². The number of halogens is 1. The van der Waals surface area contributed by atoms with E-state index in [4.69, 9.17) is 21.1 Å². The molecule has 2 aromatic carbocycles. The number of ether oxygens (including phenoxy) is 2. The predicted octanol–water partition coefficient (Wildman–Crippen LogP) is 3.43. The molecule has 1 saturated carbocycles. The monoisotopic (exact) mass is 491 g/mol. The Bertz CT molecular complexity index is 1290. The molecule has 180 valence electrons. The fourth-order valence-electron chi connectivity index (χ4n) is 5.97. The van der Waals surface area contributed by atoms with Crippen molar-refractivity contribution in [3.63, 3.8) is 0 Å². The van der Waals surface area contributed by atoms with Crippen LogP contribution in [0, 0.1) is 17.2 Å². The van der Waals surface area contributed by atoms with Crippen molar-refractivity contribution >= 4 is 11.6 Å². The van der Waals surface area contributed by atoms with Gasteiger partial charge in [0.15, 0.2) is 11.2 Å². The average molecular weight is 492 g/mol. The summed E-state index contributed by atoms with van der Waals surface area (Å²) >= 11 is 6.27. The van der Waals surface area contributed by atoms with E-state index in [1.165, 1.54) is 13.2 Å². The molecular formula is C27H26ClN3O4. The van der Waals surface area contributed by atoms with Gasteiger partial charge in [-0.15, -0.1) is 0 Å². The van der Waals surface area contributed by atoms with Crippen LogP contribution >= 0.6 is 11.6 Å². The van der Waals surface area contributed by atoms with Gasteiger partial charge in [0.2, 0.25) is 5.88 Å². The largest absolute Gasteiger partial charge is 0.481 e. The number of methoxy groups -OCH3 is 1. The van der Waals surface area contributed by atoms with Crippen LogP contribution in [0.5, 0.6) is 11.6 Å². The summed E-state index contributed by atoms with van der Waals surface area (Å²) in [6, 6.07) is 20.3. The Morgan fingerprint density at radius 2 is 1.86 bits per heavy atom. The van der Waals surface area contributed by atoms with Crippen LogP contribution in [0.25, 0.3) is 0 Å². The molecule has 1 fully saturated rings. The number of hydrogen-bond donors (Lipinski definition) is 2. The number of fused-ring (bicyclic) bond motifs is 3. The summed E-state index contributed by atoms with van der Waals surface area (Å²) in [6.45, 7) is 0.489. The van der Waals surface area contributed by atoms with Crippen molar-refractivity contribution in [1.29, 1.82) is 5.26 Å². The van der Waals surface area contributed by atoms with Crippen molar-refractivity contribution in [3.05, 3.63) is 88.1 Å². The zero-order valence-electron chi connectivity index (χ0n) is 19.6. The highest BCUT2D eigenvalue weighted by atomic mass is 35.5. The van der Waals surface area contributed by atoms with Crippen LogP contribution < -0.4 is 9.47 Å². The lowest BCUT2D eigenvalue weighted by Crippen LogP contribution is -2.52. The van der Waals surface area contributed by atoms with Crippen LogP contribution in [0.2, 0.25) is 5.15 Å². The van der Waals surface area contributed by atoms with Crippen molar-refractivity contribution in [1.82, 2.24) is 9.88 Å². The summed E-state index contributed by atoms with van der Waals surface area (Å²) in [5, 5.41) is 34.1. The first-order valence-electron chi connectivity index (χ1n) is 11.3. The van der Waals surface area contributed by atoms with E-state index in [0.29, 0.717) is 23.4 Å². The molecular weight excluding hydrogens is 466 g/mol. The number of benzene rings is 2. The Hall–Kier alpha value is -3.15.